The normalized spacial score (nSPS) is 18.0. The van der Waals surface area contributed by atoms with Gasteiger partial charge in [0.2, 0.25) is 0 Å². The molecule has 0 spiro atoms. The molecule has 0 unspecified atom stereocenters. The number of nitrogens with two attached hydrogens (primary N) is 2. The molecule has 1 aromatic heterocycles. The van der Waals surface area contributed by atoms with E-state index in [0.29, 0.717) is 39.6 Å². The number of anilines is 2. The molecule has 4 N–H and O–H groups in total. The van der Waals surface area contributed by atoms with Crippen LogP contribution in [0.2, 0.25) is 10.0 Å². The number of hydrogen-bond donors (Lipinski definition) is 2. The van der Waals surface area contributed by atoms with Crippen LogP contribution < -0.4 is 16.4 Å². The third-order valence-corrected chi connectivity index (χ3v) is 4.76. The first kappa shape index (κ1) is 15.3. The predicted octanol–water partition coefficient (Wildman–Crippen LogP) is 2.82. The van der Waals surface area contributed by atoms with Crippen LogP contribution in [0.1, 0.15) is 6.42 Å². The summed E-state index contributed by atoms with van der Waals surface area (Å²) in [6.07, 6.45) is 2.79. The van der Waals surface area contributed by atoms with Crippen LogP contribution in [0.4, 0.5) is 11.6 Å². The quantitative estimate of drug-likeness (QED) is 0.899. The molecular weight excluding hydrogens is 321 g/mol. The third kappa shape index (κ3) is 2.84. The Morgan fingerprint density at radius 3 is 2.82 bits per heavy atom. The average Bonchev–Trinajstić information content (AvgIpc) is 2.99. The maximum Gasteiger partial charge on any atom is 0.152 e. The SMILES string of the molecule is NC[C@H]1CCN(c2cnc(-c3cccc(Cl)c3Cl)c(N)n2)C1. The largest absolute Gasteiger partial charge is 0.382 e. The first-order chi connectivity index (χ1) is 10.6. The second-order valence-corrected chi connectivity index (χ2v) is 6.19. The molecule has 2 aromatic rings. The van der Waals surface area contributed by atoms with Crippen LogP contribution >= 0.6 is 23.2 Å². The van der Waals surface area contributed by atoms with Crippen molar-refractivity contribution >= 4 is 34.8 Å². The summed E-state index contributed by atoms with van der Waals surface area (Å²) in [5.41, 5.74) is 13.0. The lowest BCUT2D eigenvalue weighted by Crippen LogP contribution is -2.24. The molecule has 0 saturated carbocycles. The van der Waals surface area contributed by atoms with E-state index in [0.717, 1.165) is 25.3 Å². The van der Waals surface area contributed by atoms with E-state index < -0.39 is 0 Å². The number of hydrogen-bond acceptors (Lipinski definition) is 5. The Hall–Kier alpha value is -1.56. The highest BCUT2D eigenvalue weighted by Crippen LogP contribution is 2.35. The summed E-state index contributed by atoms with van der Waals surface area (Å²) in [7, 11) is 0. The molecule has 0 aliphatic carbocycles. The number of benzene rings is 1. The van der Waals surface area contributed by atoms with E-state index in [1.807, 2.05) is 12.1 Å². The van der Waals surface area contributed by atoms with Gasteiger partial charge in [0.15, 0.2) is 5.82 Å². The fourth-order valence-corrected chi connectivity index (χ4v) is 3.06. The van der Waals surface area contributed by atoms with E-state index in [1.54, 1.807) is 12.3 Å². The van der Waals surface area contributed by atoms with Gasteiger partial charge in [-0.25, -0.2) is 9.97 Å². The molecule has 1 aliphatic rings. The van der Waals surface area contributed by atoms with Gasteiger partial charge in [-0.1, -0.05) is 35.3 Å². The average molecular weight is 338 g/mol. The minimum Gasteiger partial charge on any atom is -0.382 e. The number of rotatable bonds is 3. The van der Waals surface area contributed by atoms with Crippen molar-refractivity contribution in [3.8, 4) is 11.3 Å². The zero-order valence-electron chi connectivity index (χ0n) is 12.0. The number of nitrogen functional groups attached to an aromatic ring is 1. The summed E-state index contributed by atoms with van der Waals surface area (Å²) in [6.45, 7) is 2.50. The van der Waals surface area contributed by atoms with Gasteiger partial charge >= 0.3 is 0 Å². The van der Waals surface area contributed by atoms with Crippen molar-refractivity contribution in [1.82, 2.24) is 9.97 Å². The Bertz CT molecular complexity index is 692. The van der Waals surface area contributed by atoms with Gasteiger partial charge in [0, 0.05) is 18.7 Å². The highest BCUT2D eigenvalue weighted by Gasteiger charge is 2.23. The molecule has 1 saturated heterocycles. The molecule has 2 heterocycles. The monoisotopic (exact) mass is 337 g/mol. The predicted molar refractivity (Wildman–Crippen MR) is 91.3 cm³/mol. The molecule has 0 bridgehead atoms. The minimum atomic E-state index is 0.345. The van der Waals surface area contributed by atoms with Gasteiger partial charge in [-0.15, -0.1) is 0 Å². The second kappa shape index (κ2) is 6.28. The van der Waals surface area contributed by atoms with Crippen molar-refractivity contribution in [2.45, 2.75) is 6.42 Å². The smallest absolute Gasteiger partial charge is 0.152 e. The first-order valence-corrected chi connectivity index (χ1v) is 7.87. The van der Waals surface area contributed by atoms with Gasteiger partial charge in [-0.3, -0.25) is 0 Å². The highest BCUT2D eigenvalue weighted by molar-refractivity contribution is 6.43. The van der Waals surface area contributed by atoms with E-state index in [9.17, 15) is 0 Å². The molecule has 3 rings (SSSR count). The first-order valence-electron chi connectivity index (χ1n) is 7.12. The van der Waals surface area contributed by atoms with Crippen LogP contribution in [-0.4, -0.2) is 29.6 Å². The number of aromatic nitrogens is 2. The van der Waals surface area contributed by atoms with Crippen molar-refractivity contribution in [1.29, 1.82) is 0 Å². The molecule has 1 fully saturated rings. The molecule has 5 nitrogen and oxygen atoms in total. The topological polar surface area (TPSA) is 81.1 Å². The third-order valence-electron chi connectivity index (χ3n) is 3.94. The van der Waals surface area contributed by atoms with Crippen molar-refractivity contribution in [2.24, 2.45) is 11.7 Å². The molecule has 7 heteroatoms. The maximum absolute atomic E-state index is 6.22. The number of halogens is 2. The lowest BCUT2D eigenvalue weighted by Gasteiger charge is -2.18. The standard InChI is InChI=1S/C15H17Cl2N5/c16-11-3-1-2-10(13(11)17)14-15(19)21-12(7-20-14)22-5-4-9(6-18)8-22/h1-3,7,9H,4-6,8,18H2,(H2,19,21)/t9-/m1/s1. The minimum absolute atomic E-state index is 0.345. The van der Waals surface area contributed by atoms with Crippen LogP contribution in [0.25, 0.3) is 11.3 Å². The zero-order valence-corrected chi connectivity index (χ0v) is 13.5. The van der Waals surface area contributed by atoms with Crippen molar-refractivity contribution in [3.63, 3.8) is 0 Å². The van der Waals surface area contributed by atoms with Gasteiger partial charge in [-0.05, 0) is 24.9 Å². The van der Waals surface area contributed by atoms with Gasteiger partial charge in [-0.2, -0.15) is 0 Å². The van der Waals surface area contributed by atoms with Crippen LogP contribution in [0.3, 0.4) is 0 Å². The molecule has 116 valence electrons. The summed E-state index contributed by atoms with van der Waals surface area (Å²) >= 11 is 12.3. The molecule has 1 aliphatic heterocycles. The number of nitrogens with zero attached hydrogens (tertiary/aromatic N) is 3. The Labute approximate surface area is 139 Å². The summed E-state index contributed by atoms with van der Waals surface area (Å²) in [4.78, 5) is 11.1. The Morgan fingerprint density at radius 1 is 1.32 bits per heavy atom. The lowest BCUT2D eigenvalue weighted by molar-refractivity contribution is 0.602. The van der Waals surface area contributed by atoms with Crippen LogP contribution in [0.5, 0.6) is 0 Å². The van der Waals surface area contributed by atoms with Crippen LogP contribution in [-0.2, 0) is 0 Å². The van der Waals surface area contributed by atoms with Crippen LogP contribution in [0.15, 0.2) is 24.4 Å². The van der Waals surface area contributed by atoms with Gasteiger partial charge in [0.1, 0.15) is 11.5 Å². The van der Waals surface area contributed by atoms with Crippen molar-refractivity contribution < 1.29 is 0 Å². The van der Waals surface area contributed by atoms with Crippen LogP contribution in [0, 0.1) is 5.92 Å². The molecule has 0 amide bonds. The molecule has 1 atom stereocenters. The van der Waals surface area contributed by atoms with Gasteiger partial charge in [0.25, 0.3) is 0 Å². The molecule has 0 radical (unpaired) electrons. The van der Waals surface area contributed by atoms with Gasteiger partial charge in [0.05, 0.1) is 16.2 Å². The Balaban J connectivity index is 1.91. The lowest BCUT2D eigenvalue weighted by atomic mass is 10.1. The summed E-state index contributed by atoms with van der Waals surface area (Å²) in [5, 5.41) is 0.900. The maximum atomic E-state index is 6.22. The fraction of sp³-hybridized carbons (Fsp3) is 0.333. The molecule has 1 aromatic carbocycles. The fourth-order valence-electron chi connectivity index (χ4n) is 2.67. The Morgan fingerprint density at radius 2 is 2.14 bits per heavy atom. The second-order valence-electron chi connectivity index (χ2n) is 5.40. The van der Waals surface area contributed by atoms with Gasteiger partial charge < -0.3 is 16.4 Å². The summed E-state index contributed by atoms with van der Waals surface area (Å²) < 4.78 is 0. The highest BCUT2D eigenvalue weighted by atomic mass is 35.5. The van der Waals surface area contributed by atoms with Crippen molar-refractivity contribution in [2.75, 3.05) is 30.3 Å². The van der Waals surface area contributed by atoms with E-state index in [2.05, 4.69) is 14.9 Å². The summed E-state index contributed by atoms with van der Waals surface area (Å²) in [6, 6.07) is 5.36. The van der Waals surface area contributed by atoms with Crippen molar-refractivity contribution in [3.05, 3.63) is 34.4 Å². The van der Waals surface area contributed by atoms with E-state index in [-0.39, 0.29) is 0 Å². The van der Waals surface area contributed by atoms with E-state index in [4.69, 9.17) is 34.7 Å². The molecule has 22 heavy (non-hydrogen) atoms. The zero-order chi connectivity index (χ0) is 15.7. The van der Waals surface area contributed by atoms with E-state index >= 15 is 0 Å². The molecular formula is C15H17Cl2N5. The summed E-state index contributed by atoms with van der Waals surface area (Å²) in [5.74, 6) is 1.62. The van der Waals surface area contributed by atoms with E-state index in [1.165, 1.54) is 0 Å². The Kier molecular flexibility index (Phi) is 4.38.